The van der Waals surface area contributed by atoms with E-state index in [1.165, 1.54) is 0 Å². The Balaban J connectivity index is 1.90. The molecule has 1 amide bonds. The standard InChI is InChI=1S/C12H19N3O2/c1-13-12(16)11-4-3-10(17-11)9-15-7-5-14(2)6-8-15/h3-4H,5-9H2,1-2H3,(H,13,16). The Morgan fingerprint density at radius 1 is 1.35 bits per heavy atom. The summed E-state index contributed by atoms with van der Waals surface area (Å²) in [6, 6.07) is 3.60. The molecule has 5 heteroatoms. The van der Waals surface area contributed by atoms with Gasteiger partial charge in [0.25, 0.3) is 5.91 Å². The van der Waals surface area contributed by atoms with E-state index in [0.29, 0.717) is 5.76 Å². The fourth-order valence-electron chi connectivity index (χ4n) is 1.93. The second-order valence-electron chi connectivity index (χ2n) is 4.42. The first kappa shape index (κ1) is 12.1. The Kier molecular flexibility index (Phi) is 3.81. The molecule has 0 spiro atoms. The van der Waals surface area contributed by atoms with Crippen LogP contribution in [0.2, 0.25) is 0 Å². The molecule has 0 saturated carbocycles. The Labute approximate surface area is 101 Å². The van der Waals surface area contributed by atoms with Crippen molar-refractivity contribution in [3.8, 4) is 0 Å². The van der Waals surface area contributed by atoms with Crippen molar-refractivity contribution in [2.45, 2.75) is 6.54 Å². The maximum atomic E-state index is 11.3. The second-order valence-corrected chi connectivity index (χ2v) is 4.42. The van der Waals surface area contributed by atoms with E-state index in [1.807, 2.05) is 6.07 Å². The summed E-state index contributed by atoms with van der Waals surface area (Å²) >= 11 is 0. The number of piperazine rings is 1. The first-order valence-electron chi connectivity index (χ1n) is 5.90. The van der Waals surface area contributed by atoms with Crippen LogP contribution in [0.15, 0.2) is 16.5 Å². The highest BCUT2D eigenvalue weighted by Crippen LogP contribution is 2.12. The third-order valence-corrected chi connectivity index (χ3v) is 3.09. The highest BCUT2D eigenvalue weighted by Gasteiger charge is 2.16. The Bertz CT molecular complexity index is 381. The Morgan fingerprint density at radius 3 is 2.71 bits per heavy atom. The van der Waals surface area contributed by atoms with Crippen molar-refractivity contribution in [3.63, 3.8) is 0 Å². The predicted octanol–water partition coefficient (Wildman–Crippen LogP) is 0.387. The number of hydrogen-bond acceptors (Lipinski definition) is 4. The van der Waals surface area contributed by atoms with Crippen LogP contribution in [0.3, 0.4) is 0 Å². The third kappa shape index (κ3) is 3.08. The Hall–Kier alpha value is -1.33. The topological polar surface area (TPSA) is 48.7 Å². The number of rotatable bonds is 3. The van der Waals surface area contributed by atoms with Crippen LogP contribution in [0.5, 0.6) is 0 Å². The van der Waals surface area contributed by atoms with Gasteiger partial charge in [0.1, 0.15) is 5.76 Å². The number of carbonyl (C=O) groups is 1. The minimum absolute atomic E-state index is 0.172. The molecule has 94 valence electrons. The smallest absolute Gasteiger partial charge is 0.286 e. The van der Waals surface area contributed by atoms with Crippen LogP contribution in [0.25, 0.3) is 0 Å². The van der Waals surface area contributed by atoms with Gasteiger partial charge in [-0.1, -0.05) is 0 Å². The van der Waals surface area contributed by atoms with Crippen LogP contribution in [-0.4, -0.2) is 56.0 Å². The van der Waals surface area contributed by atoms with E-state index in [0.717, 1.165) is 38.5 Å². The summed E-state index contributed by atoms with van der Waals surface area (Å²) < 4.78 is 5.50. The van der Waals surface area contributed by atoms with E-state index in [9.17, 15) is 4.79 Å². The van der Waals surface area contributed by atoms with Gasteiger partial charge in [-0.25, -0.2) is 0 Å². The van der Waals surface area contributed by atoms with E-state index in [4.69, 9.17) is 4.42 Å². The van der Waals surface area contributed by atoms with Crippen molar-refractivity contribution < 1.29 is 9.21 Å². The maximum Gasteiger partial charge on any atom is 0.286 e. The molecule has 1 saturated heterocycles. The van der Waals surface area contributed by atoms with Gasteiger partial charge in [-0.15, -0.1) is 0 Å². The number of likely N-dealkylation sites (N-methyl/N-ethyl adjacent to an activating group) is 1. The molecular formula is C12H19N3O2. The lowest BCUT2D eigenvalue weighted by molar-refractivity contribution is 0.0928. The van der Waals surface area contributed by atoms with E-state index in [-0.39, 0.29) is 5.91 Å². The molecule has 0 bridgehead atoms. The van der Waals surface area contributed by atoms with Crippen molar-refractivity contribution in [1.82, 2.24) is 15.1 Å². The largest absolute Gasteiger partial charge is 0.455 e. The SMILES string of the molecule is CNC(=O)c1ccc(CN2CCN(C)CC2)o1. The van der Waals surface area contributed by atoms with E-state index in [1.54, 1.807) is 13.1 Å². The number of nitrogens with one attached hydrogen (secondary N) is 1. The summed E-state index contributed by atoms with van der Waals surface area (Å²) in [5, 5.41) is 2.55. The molecule has 17 heavy (non-hydrogen) atoms. The molecule has 1 N–H and O–H groups in total. The van der Waals surface area contributed by atoms with E-state index < -0.39 is 0 Å². The fraction of sp³-hybridized carbons (Fsp3) is 0.583. The summed E-state index contributed by atoms with van der Waals surface area (Å²) in [7, 11) is 3.74. The summed E-state index contributed by atoms with van der Waals surface area (Å²) in [6.07, 6.45) is 0. The van der Waals surface area contributed by atoms with Gasteiger partial charge in [-0.2, -0.15) is 0 Å². The summed E-state index contributed by atoms with van der Waals surface area (Å²) in [4.78, 5) is 16.0. The zero-order valence-corrected chi connectivity index (χ0v) is 10.4. The van der Waals surface area contributed by atoms with Crippen molar-refractivity contribution in [3.05, 3.63) is 23.7 Å². The van der Waals surface area contributed by atoms with Crippen molar-refractivity contribution in [2.24, 2.45) is 0 Å². The van der Waals surface area contributed by atoms with Gasteiger partial charge in [0.05, 0.1) is 6.54 Å². The molecule has 2 rings (SSSR count). The molecule has 0 unspecified atom stereocenters. The second kappa shape index (κ2) is 5.33. The van der Waals surface area contributed by atoms with Crippen molar-refractivity contribution >= 4 is 5.91 Å². The lowest BCUT2D eigenvalue weighted by Crippen LogP contribution is -2.43. The fourth-order valence-corrected chi connectivity index (χ4v) is 1.93. The molecule has 5 nitrogen and oxygen atoms in total. The van der Waals surface area contributed by atoms with Crippen LogP contribution in [-0.2, 0) is 6.54 Å². The first-order valence-corrected chi connectivity index (χ1v) is 5.90. The number of furan rings is 1. The van der Waals surface area contributed by atoms with E-state index in [2.05, 4.69) is 22.2 Å². The lowest BCUT2D eigenvalue weighted by atomic mass is 10.3. The van der Waals surface area contributed by atoms with Gasteiger partial charge in [0.15, 0.2) is 5.76 Å². The first-order chi connectivity index (χ1) is 8.19. The molecule has 2 heterocycles. The average Bonchev–Trinajstić information content (AvgIpc) is 2.80. The van der Waals surface area contributed by atoms with Crippen molar-refractivity contribution in [2.75, 3.05) is 40.3 Å². The average molecular weight is 237 g/mol. The molecule has 1 aliphatic heterocycles. The molecule has 0 radical (unpaired) electrons. The minimum atomic E-state index is -0.172. The summed E-state index contributed by atoms with van der Waals surface area (Å²) in [5.74, 6) is 1.07. The quantitative estimate of drug-likeness (QED) is 0.826. The van der Waals surface area contributed by atoms with Crippen LogP contribution in [0.4, 0.5) is 0 Å². The van der Waals surface area contributed by atoms with Gasteiger partial charge in [0, 0.05) is 33.2 Å². The van der Waals surface area contributed by atoms with Gasteiger partial charge in [-0.05, 0) is 19.2 Å². The minimum Gasteiger partial charge on any atom is -0.455 e. The van der Waals surface area contributed by atoms with Gasteiger partial charge < -0.3 is 14.6 Å². The number of carbonyl (C=O) groups excluding carboxylic acids is 1. The van der Waals surface area contributed by atoms with Crippen LogP contribution >= 0.6 is 0 Å². The normalized spacial score (nSPS) is 18.2. The number of nitrogens with zero attached hydrogens (tertiary/aromatic N) is 2. The molecule has 1 fully saturated rings. The highest BCUT2D eigenvalue weighted by atomic mass is 16.4. The van der Waals surface area contributed by atoms with Gasteiger partial charge >= 0.3 is 0 Å². The molecule has 1 aromatic rings. The highest BCUT2D eigenvalue weighted by molar-refractivity contribution is 5.91. The Morgan fingerprint density at radius 2 is 2.06 bits per heavy atom. The molecule has 0 aliphatic carbocycles. The van der Waals surface area contributed by atoms with Crippen LogP contribution in [0, 0.1) is 0 Å². The van der Waals surface area contributed by atoms with Crippen LogP contribution < -0.4 is 5.32 Å². The number of amides is 1. The zero-order chi connectivity index (χ0) is 12.3. The van der Waals surface area contributed by atoms with Crippen LogP contribution in [0.1, 0.15) is 16.3 Å². The molecular weight excluding hydrogens is 218 g/mol. The zero-order valence-electron chi connectivity index (χ0n) is 10.4. The number of hydrogen-bond donors (Lipinski definition) is 1. The molecule has 1 aromatic heterocycles. The molecule has 0 aromatic carbocycles. The third-order valence-electron chi connectivity index (χ3n) is 3.09. The maximum absolute atomic E-state index is 11.3. The summed E-state index contributed by atoms with van der Waals surface area (Å²) in [5.41, 5.74) is 0. The molecule has 1 aliphatic rings. The van der Waals surface area contributed by atoms with Gasteiger partial charge in [0.2, 0.25) is 0 Å². The summed E-state index contributed by atoms with van der Waals surface area (Å²) in [6.45, 7) is 5.05. The van der Waals surface area contributed by atoms with Crippen molar-refractivity contribution in [1.29, 1.82) is 0 Å². The molecule has 0 atom stereocenters. The lowest BCUT2D eigenvalue weighted by Gasteiger charge is -2.31. The van der Waals surface area contributed by atoms with E-state index >= 15 is 0 Å². The monoisotopic (exact) mass is 237 g/mol. The van der Waals surface area contributed by atoms with Gasteiger partial charge in [-0.3, -0.25) is 9.69 Å². The predicted molar refractivity (Wildman–Crippen MR) is 64.9 cm³/mol.